The number of sulfonamides is 1. The zero-order chi connectivity index (χ0) is 20.1. The molecule has 156 valence electrons. The zero-order valence-electron chi connectivity index (χ0n) is 16.7. The van der Waals surface area contributed by atoms with Crippen LogP contribution in [-0.2, 0) is 14.8 Å². The molecule has 0 amide bonds. The molecule has 1 aromatic heterocycles. The lowest BCUT2D eigenvalue weighted by atomic mass is 9.89. The van der Waals surface area contributed by atoms with Gasteiger partial charge in [0.25, 0.3) is 0 Å². The van der Waals surface area contributed by atoms with Gasteiger partial charge in [0.15, 0.2) is 0 Å². The van der Waals surface area contributed by atoms with E-state index < -0.39 is 10.0 Å². The van der Waals surface area contributed by atoms with Gasteiger partial charge in [0.2, 0.25) is 10.0 Å². The van der Waals surface area contributed by atoms with E-state index in [1.165, 1.54) is 5.56 Å². The van der Waals surface area contributed by atoms with Gasteiger partial charge in [-0.05, 0) is 43.4 Å². The summed E-state index contributed by atoms with van der Waals surface area (Å²) < 4.78 is 34.0. The number of nitrogens with one attached hydrogen (secondary N) is 1. The summed E-state index contributed by atoms with van der Waals surface area (Å²) >= 11 is 0. The van der Waals surface area contributed by atoms with Crippen LogP contribution in [0.15, 0.2) is 53.6 Å². The van der Waals surface area contributed by atoms with Crippen molar-refractivity contribution >= 4 is 15.8 Å². The summed E-state index contributed by atoms with van der Waals surface area (Å²) in [5, 5.41) is 3.33. The normalized spacial score (nSPS) is 23.6. The Balaban J connectivity index is 1.51. The fourth-order valence-corrected chi connectivity index (χ4v) is 5.90. The SMILES string of the molecule is O=S(=O)(c1cccnc1NCC1CCCOC1c1ccccc1)N1CCCCC1. The van der Waals surface area contributed by atoms with Gasteiger partial charge in [-0.3, -0.25) is 0 Å². The third-order valence-corrected chi connectivity index (χ3v) is 7.74. The molecule has 0 aliphatic carbocycles. The minimum atomic E-state index is -3.53. The molecule has 2 atom stereocenters. The number of nitrogens with zero attached hydrogens (tertiary/aromatic N) is 2. The van der Waals surface area contributed by atoms with E-state index in [1.807, 2.05) is 18.2 Å². The quantitative estimate of drug-likeness (QED) is 0.776. The number of hydrogen-bond donors (Lipinski definition) is 1. The maximum absolute atomic E-state index is 13.2. The molecular formula is C22H29N3O3S. The molecule has 7 heteroatoms. The van der Waals surface area contributed by atoms with Crippen molar-refractivity contribution < 1.29 is 13.2 Å². The molecule has 2 aliphatic heterocycles. The molecule has 2 saturated heterocycles. The van der Waals surface area contributed by atoms with E-state index in [0.717, 1.165) is 38.7 Å². The summed E-state index contributed by atoms with van der Waals surface area (Å²) in [6.07, 6.45) is 6.63. The molecule has 0 radical (unpaired) electrons. The second kappa shape index (κ2) is 9.24. The standard InChI is InChI=1S/C22H29N3O3S/c26-29(27,25-14-5-2-6-15-25)20-12-7-13-23-22(20)24-17-19-11-8-16-28-21(19)18-9-3-1-4-10-18/h1,3-4,7,9-10,12-13,19,21H,2,5-6,8,11,14-17H2,(H,23,24). The van der Waals surface area contributed by atoms with Gasteiger partial charge < -0.3 is 10.1 Å². The summed E-state index contributed by atoms with van der Waals surface area (Å²) in [5.41, 5.74) is 1.17. The van der Waals surface area contributed by atoms with E-state index in [2.05, 4.69) is 22.4 Å². The Morgan fingerprint density at radius 1 is 1.03 bits per heavy atom. The zero-order valence-corrected chi connectivity index (χ0v) is 17.5. The molecule has 3 heterocycles. The second-order valence-corrected chi connectivity index (χ2v) is 9.71. The number of anilines is 1. The largest absolute Gasteiger partial charge is 0.373 e. The van der Waals surface area contributed by atoms with Crippen LogP contribution in [0, 0.1) is 5.92 Å². The molecule has 1 aromatic carbocycles. The van der Waals surface area contributed by atoms with Crippen molar-refractivity contribution in [2.24, 2.45) is 5.92 Å². The number of aromatic nitrogens is 1. The second-order valence-electron chi connectivity index (χ2n) is 7.80. The number of rotatable bonds is 6. The lowest BCUT2D eigenvalue weighted by Gasteiger charge is -2.32. The van der Waals surface area contributed by atoms with Crippen molar-refractivity contribution in [2.45, 2.75) is 43.1 Å². The Kier molecular flexibility index (Phi) is 6.47. The van der Waals surface area contributed by atoms with Crippen molar-refractivity contribution in [3.05, 3.63) is 54.2 Å². The molecular weight excluding hydrogens is 386 g/mol. The predicted octanol–water partition coefficient (Wildman–Crippen LogP) is 3.84. The van der Waals surface area contributed by atoms with E-state index in [0.29, 0.717) is 25.5 Å². The molecule has 0 bridgehead atoms. The fraction of sp³-hybridized carbons (Fsp3) is 0.500. The third-order valence-electron chi connectivity index (χ3n) is 5.81. The first-order chi connectivity index (χ1) is 14.2. The Bertz CT molecular complexity index is 899. The minimum Gasteiger partial charge on any atom is -0.373 e. The fourth-order valence-electron chi connectivity index (χ4n) is 4.27. The predicted molar refractivity (Wildman–Crippen MR) is 113 cm³/mol. The monoisotopic (exact) mass is 415 g/mol. The molecule has 0 spiro atoms. The summed E-state index contributed by atoms with van der Waals surface area (Å²) in [4.78, 5) is 4.64. The van der Waals surface area contributed by atoms with Crippen molar-refractivity contribution in [2.75, 3.05) is 31.6 Å². The molecule has 0 saturated carbocycles. The van der Waals surface area contributed by atoms with Gasteiger partial charge in [-0.1, -0.05) is 36.8 Å². The van der Waals surface area contributed by atoms with Gasteiger partial charge in [-0.2, -0.15) is 4.31 Å². The van der Waals surface area contributed by atoms with Crippen LogP contribution in [0.3, 0.4) is 0 Å². The maximum atomic E-state index is 13.2. The van der Waals surface area contributed by atoms with Crippen molar-refractivity contribution in [3.63, 3.8) is 0 Å². The smallest absolute Gasteiger partial charge is 0.246 e. The summed E-state index contributed by atoms with van der Waals surface area (Å²) in [5.74, 6) is 0.703. The van der Waals surface area contributed by atoms with E-state index >= 15 is 0 Å². The Hall–Kier alpha value is -1.96. The topological polar surface area (TPSA) is 71.5 Å². The Morgan fingerprint density at radius 2 is 1.83 bits per heavy atom. The maximum Gasteiger partial charge on any atom is 0.246 e. The molecule has 29 heavy (non-hydrogen) atoms. The van der Waals surface area contributed by atoms with Crippen molar-refractivity contribution in [1.29, 1.82) is 0 Å². The summed E-state index contributed by atoms with van der Waals surface area (Å²) in [7, 11) is -3.53. The van der Waals surface area contributed by atoms with Crippen LogP contribution in [0.1, 0.15) is 43.8 Å². The number of pyridine rings is 1. The van der Waals surface area contributed by atoms with Crippen LogP contribution in [0.2, 0.25) is 0 Å². The third kappa shape index (κ3) is 4.63. The van der Waals surface area contributed by atoms with E-state index in [-0.39, 0.29) is 16.9 Å². The number of piperidine rings is 1. The lowest BCUT2D eigenvalue weighted by Crippen LogP contribution is -2.36. The van der Waals surface area contributed by atoms with Gasteiger partial charge in [-0.15, -0.1) is 0 Å². The Morgan fingerprint density at radius 3 is 2.62 bits per heavy atom. The van der Waals surface area contributed by atoms with Gasteiger partial charge in [0.1, 0.15) is 10.7 Å². The van der Waals surface area contributed by atoms with Gasteiger partial charge in [0, 0.05) is 38.4 Å². The summed E-state index contributed by atoms with van der Waals surface area (Å²) in [6, 6.07) is 13.6. The van der Waals surface area contributed by atoms with Crippen LogP contribution in [-0.4, -0.2) is 43.9 Å². The lowest BCUT2D eigenvalue weighted by molar-refractivity contribution is -0.0238. The highest BCUT2D eigenvalue weighted by Crippen LogP contribution is 2.34. The molecule has 2 aromatic rings. The average molecular weight is 416 g/mol. The van der Waals surface area contributed by atoms with E-state index in [1.54, 1.807) is 22.6 Å². The van der Waals surface area contributed by atoms with Crippen LogP contribution in [0.25, 0.3) is 0 Å². The van der Waals surface area contributed by atoms with E-state index in [4.69, 9.17) is 4.74 Å². The highest BCUT2D eigenvalue weighted by atomic mass is 32.2. The molecule has 2 unspecified atom stereocenters. The minimum absolute atomic E-state index is 0.0170. The van der Waals surface area contributed by atoms with Gasteiger partial charge in [-0.25, -0.2) is 13.4 Å². The number of hydrogen-bond acceptors (Lipinski definition) is 5. The van der Waals surface area contributed by atoms with Gasteiger partial charge in [0.05, 0.1) is 6.10 Å². The van der Waals surface area contributed by atoms with Gasteiger partial charge >= 0.3 is 0 Å². The van der Waals surface area contributed by atoms with Crippen LogP contribution >= 0.6 is 0 Å². The number of ether oxygens (including phenoxy) is 1. The molecule has 6 nitrogen and oxygen atoms in total. The first kappa shape index (κ1) is 20.3. The van der Waals surface area contributed by atoms with Crippen LogP contribution < -0.4 is 5.32 Å². The average Bonchev–Trinajstić information content (AvgIpc) is 2.79. The Labute approximate surface area is 173 Å². The molecule has 4 rings (SSSR count). The van der Waals surface area contributed by atoms with Crippen LogP contribution in [0.5, 0.6) is 0 Å². The molecule has 2 aliphatic rings. The first-order valence-electron chi connectivity index (χ1n) is 10.5. The molecule has 2 fully saturated rings. The highest BCUT2D eigenvalue weighted by molar-refractivity contribution is 7.89. The number of benzene rings is 1. The highest BCUT2D eigenvalue weighted by Gasteiger charge is 2.31. The van der Waals surface area contributed by atoms with Crippen LogP contribution in [0.4, 0.5) is 5.82 Å². The van der Waals surface area contributed by atoms with Crippen molar-refractivity contribution in [3.8, 4) is 0 Å². The first-order valence-corrected chi connectivity index (χ1v) is 12.0. The van der Waals surface area contributed by atoms with Crippen molar-refractivity contribution in [1.82, 2.24) is 9.29 Å². The summed E-state index contributed by atoms with van der Waals surface area (Å²) in [6.45, 7) is 2.56. The molecule has 1 N–H and O–H groups in total. The van der Waals surface area contributed by atoms with E-state index in [9.17, 15) is 8.42 Å².